The number of halogens is 1. The van der Waals surface area contributed by atoms with E-state index in [4.69, 9.17) is 5.73 Å². The van der Waals surface area contributed by atoms with Gasteiger partial charge in [0, 0.05) is 25.2 Å². The van der Waals surface area contributed by atoms with E-state index in [0.717, 1.165) is 30.4 Å². The molecule has 0 spiro atoms. The second kappa shape index (κ2) is 13.9. The zero-order valence-corrected chi connectivity index (χ0v) is 23.2. The second-order valence-electron chi connectivity index (χ2n) is 10.5. The van der Waals surface area contributed by atoms with Crippen LogP contribution in [-0.4, -0.2) is 48.1 Å². The molecule has 3 aromatic rings. The lowest BCUT2D eigenvalue weighted by Gasteiger charge is -2.32. The first kappa shape index (κ1) is 29.7. The first-order valence-electron chi connectivity index (χ1n) is 13.9. The van der Waals surface area contributed by atoms with E-state index in [9.17, 15) is 23.9 Å². The summed E-state index contributed by atoms with van der Waals surface area (Å²) in [5, 5.41) is 12.2. The van der Waals surface area contributed by atoms with Gasteiger partial charge >= 0.3 is 6.03 Å². The number of carbonyl (C=O) groups excluding carboxylic acids is 3. The fraction of sp³-hybridized carbons (Fsp3) is 0.344. The lowest BCUT2D eigenvalue weighted by Crippen LogP contribution is -2.42. The number of hydrogen-bond acceptors (Lipinski definition) is 4. The number of urea groups is 1. The quantitative estimate of drug-likeness (QED) is 0.339. The van der Waals surface area contributed by atoms with Gasteiger partial charge in [-0.25, -0.2) is 9.18 Å². The SMILES string of the molecule is CN(CCO)C(=O)N(Cc1ccc(C2CCCCC2C(=O)NC(C(N)=O)c2ccccc2)cc1)c1ccc(F)cc1. The minimum Gasteiger partial charge on any atom is -0.395 e. The van der Waals surface area contributed by atoms with Crippen molar-refractivity contribution >= 4 is 23.5 Å². The standard InChI is InChI=1S/C32H37FN4O4/c1-36(19-20-38)32(41)37(26-17-15-25(33)16-18-26)21-22-11-13-23(14-12-22)27-9-5-6-10-28(27)31(40)35-29(30(34)39)24-7-3-2-4-8-24/h2-4,7-8,11-18,27-29,38H,5-6,9-10,19-21H2,1H3,(H2,34,39)(H,35,40). The van der Waals surface area contributed by atoms with E-state index in [1.807, 2.05) is 30.3 Å². The Labute approximate surface area is 240 Å². The number of likely N-dealkylation sites (N-methyl/N-ethyl adjacent to an activating group) is 1. The zero-order chi connectivity index (χ0) is 29.4. The van der Waals surface area contributed by atoms with Crippen LogP contribution in [-0.2, 0) is 16.1 Å². The third-order valence-electron chi connectivity index (χ3n) is 7.69. The summed E-state index contributed by atoms with van der Waals surface area (Å²) in [4.78, 5) is 41.7. The molecule has 9 heteroatoms. The van der Waals surface area contributed by atoms with Crippen LogP contribution in [0.4, 0.5) is 14.9 Å². The van der Waals surface area contributed by atoms with E-state index in [2.05, 4.69) is 5.32 Å². The molecule has 0 heterocycles. The van der Waals surface area contributed by atoms with Crippen molar-refractivity contribution in [2.75, 3.05) is 25.1 Å². The first-order chi connectivity index (χ1) is 19.8. The second-order valence-corrected chi connectivity index (χ2v) is 10.5. The van der Waals surface area contributed by atoms with Crippen LogP contribution in [0.5, 0.6) is 0 Å². The highest BCUT2D eigenvalue weighted by Gasteiger charge is 2.34. The van der Waals surface area contributed by atoms with Gasteiger partial charge in [0.15, 0.2) is 0 Å². The average molecular weight is 561 g/mol. The minimum absolute atomic E-state index is 0.0207. The summed E-state index contributed by atoms with van der Waals surface area (Å²) in [7, 11) is 1.60. The molecule has 0 aromatic heterocycles. The highest BCUT2D eigenvalue weighted by atomic mass is 19.1. The van der Waals surface area contributed by atoms with E-state index < -0.39 is 17.8 Å². The molecule has 0 aliphatic heterocycles. The Morgan fingerprint density at radius 2 is 1.63 bits per heavy atom. The topological polar surface area (TPSA) is 116 Å². The Bertz CT molecular complexity index is 1320. The fourth-order valence-corrected chi connectivity index (χ4v) is 5.45. The number of benzene rings is 3. The molecule has 216 valence electrons. The molecule has 1 aliphatic rings. The van der Waals surface area contributed by atoms with Crippen molar-refractivity contribution in [3.05, 3.63) is 101 Å². The van der Waals surface area contributed by atoms with Crippen LogP contribution in [0.1, 0.15) is 54.3 Å². The summed E-state index contributed by atoms with van der Waals surface area (Å²) in [5.41, 5.74) is 8.70. The maximum atomic E-state index is 13.6. The Hall–Kier alpha value is -4.24. The number of rotatable bonds is 10. The molecule has 3 unspecified atom stereocenters. The predicted octanol–water partition coefficient (Wildman–Crippen LogP) is 4.49. The summed E-state index contributed by atoms with van der Waals surface area (Å²) in [6.07, 6.45) is 3.48. The third-order valence-corrected chi connectivity index (χ3v) is 7.69. The molecule has 1 fully saturated rings. The highest BCUT2D eigenvalue weighted by molar-refractivity contribution is 5.92. The predicted molar refractivity (Wildman–Crippen MR) is 155 cm³/mol. The van der Waals surface area contributed by atoms with Crippen LogP contribution in [0.2, 0.25) is 0 Å². The molecular formula is C32H37FN4O4. The molecule has 3 aromatic carbocycles. The molecule has 0 bridgehead atoms. The molecule has 1 saturated carbocycles. The van der Waals surface area contributed by atoms with Gasteiger partial charge in [-0.05, 0) is 59.7 Å². The number of amides is 4. The number of carbonyl (C=O) groups is 3. The van der Waals surface area contributed by atoms with Crippen molar-refractivity contribution < 1.29 is 23.9 Å². The lowest BCUT2D eigenvalue weighted by molar-refractivity contribution is -0.131. The molecule has 4 amide bonds. The van der Waals surface area contributed by atoms with E-state index in [1.54, 1.807) is 43.4 Å². The van der Waals surface area contributed by atoms with Crippen molar-refractivity contribution in [1.82, 2.24) is 10.2 Å². The van der Waals surface area contributed by atoms with Crippen LogP contribution in [0.25, 0.3) is 0 Å². The maximum absolute atomic E-state index is 13.6. The van der Waals surface area contributed by atoms with E-state index in [0.29, 0.717) is 17.7 Å². The summed E-state index contributed by atoms with van der Waals surface area (Å²) < 4.78 is 13.6. The summed E-state index contributed by atoms with van der Waals surface area (Å²) in [6, 6.07) is 21.3. The normalized spacial score (nSPS) is 17.3. The van der Waals surface area contributed by atoms with Gasteiger partial charge in [-0.2, -0.15) is 0 Å². The largest absolute Gasteiger partial charge is 0.395 e. The summed E-state index contributed by atoms with van der Waals surface area (Å²) in [5.74, 6) is -1.51. The van der Waals surface area contributed by atoms with Gasteiger partial charge in [0.2, 0.25) is 11.8 Å². The number of anilines is 1. The van der Waals surface area contributed by atoms with Crippen molar-refractivity contribution in [3.8, 4) is 0 Å². The molecular weight excluding hydrogens is 523 g/mol. The Morgan fingerprint density at radius 3 is 2.27 bits per heavy atom. The molecule has 4 N–H and O–H groups in total. The van der Waals surface area contributed by atoms with Gasteiger partial charge in [-0.15, -0.1) is 0 Å². The van der Waals surface area contributed by atoms with Crippen molar-refractivity contribution in [2.45, 2.75) is 44.2 Å². The Kier molecular flexibility index (Phi) is 10.1. The minimum atomic E-state index is -0.896. The fourth-order valence-electron chi connectivity index (χ4n) is 5.45. The van der Waals surface area contributed by atoms with Crippen molar-refractivity contribution in [2.24, 2.45) is 11.7 Å². The van der Waals surface area contributed by atoms with Crippen LogP contribution in [0.3, 0.4) is 0 Å². The van der Waals surface area contributed by atoms with E-state index in [1.165, 1.54) is 21.9 Å². The molecule has 3 atom stereocenters. The van der Waals surface area contributed by atoms with Crippen LogP contribution in [0.15, 0.2) is 78.9 Å². The first-order valence-corrected chi connectivity index (χ1v) is 13.9. The Balaban J connectivity index is 1.51. The number of nitrogens with two attached hydrogens (primary N) is 1. The van der Waals surface area contributed by atoms with Gasteiger partial charge < -0.3 is 21.1 Å². The lowest BCUT2D eigenvalue weighted by atomic mass is 9.74. The van der Waals surface area contributed by atoms with Gasteiger partial charge in [0.05, 0.1) is 13.2 Å². The van der Waals surface area contributed by atoms with E-state index >= 15 is 0 Å². The van der Waals surface area contributed by atoms with E-state index in [-0.39, 0.29) is 43.5 Å². The number of hydrogen-bond donors (Lipinski definition) is 3. The number of nitrogens with zero attached hydrogens (tertiary/aromatic N) is 2. The number of aliphatic hydroxyl groups excluding tert-OH is 1. The smallest absolute Gasteiger partial charge is 0.324 e. The van der Waals surface area contributed by atoms with Gasteiger partial charge in [-0.1, -0.05) is 67.4 Å². The van der Waals surface area contributed by atoms with Crippen LogP contribution in [0, 0.1) is 11.7 Å². The van der Waals surface area contributed by atoms with Crippen molar-refractivity contribution in [3.63, 3.8) is 0 Å². The van der Waals surface area contributed by atoms with Gasteiger partial charge in [0.25, 0.3) is 0 Å². The zero-order valence-electron chi connectivity index (χ0n) is 23.2. The maximum Gasteiger partial charge on any atom is 0.324 e. The summed E-state index contributed by atoms with van der Waals surface area (Å²) >= 11 is 0. The third kappa shape index (κ3) is 7.49. The van der Waals surface area contributed by atoms with Gasteiger partial charge in [-0.3, -0.25) is 14.5 Å². The summed E-state index contributed by atoms with van der Waals surface area (Å²) in [6.45, 7) is 0.240. The van der Waals surface area contributed by atoms with Crippen LogP contribution >= 0.6 is 0 Å². The molecule has 41 heavy (non-hydrogen) atoms. The molecule has 4 rings (SSSR count). The molecule has 8 nitrogen and oxygen atoms in total. The number of aliphatic hydroxyl groups is 1. The average Bonchev–Trinajstić information content (AvgIpc) is 2.99. The molecule has 0 saturated heterocycles. The van der Waals surface area contributed by atoms with Gasteiger partial charge in [0.1, 0.15) is 11.9 Å². The number of nitrogens with one attached hydrogen (secondary N) is 1. The monoisotopic (exact) mass is 560 g/mol. The van der Waals surface area contributed by atoms with Crippen LogP contribution < -0.4 is 16.0 Å². The highest BCUT2D eigenvalue weighted by Crippen LogP contribution is 2.38. The van der Waals surface area contributed by atoms with Crippen molar-refractivity contribution in [1.29, 1.82) is 0 Å². The Morgan fingerprint density at radius 1 is 0.976 bits per heavy atom. The number of primary amides is 1. The molecule has 0 radical (unpaired) electrons. The molecule has 1 aliphatic carbocycles.